The van der Waals surface area contributed by atoms with Gasteiger partial charge in [-0.15, -0.1) is 0 Å². The van der Waals surface area contributed by atoms with E-state index in [1.165, 1.54) is 6.07 Å². The Labute approximate surface area is 117 Å². The van der Waals surface area contributed by atoms with Crippen LogP contribution in [0.1, 0.15) is 5.56 Å². The summed E-state index contributed by atoms with van der Waals surface area (Å²) >= 11 is 0. The maximum Gasteiger partial charge on any atom is 0.233 e. The van der Waals surface area contributed by atoms with E-state index in [0.29, 0.717) is 25.3 Å². The average Bonchev–Trinajstić information content (AvgIpc) is 2.47. The van der Waals surface area contributed by atoms with E-state index in [1.807, 2.05) is 15.9 Å². The fourth-order valence-electron chi connectivity index (χ4n) is 2.32. The smallest absolute Gasteiger partial charge is 0.233 e. The van der Waals surface area contributed by atoms with Gasteiger partial charge in [0.1, 0.15) is 17.4 Å². The Balaban J connectivity index is 2.03. The highest BCUT2D eigenvalue weighted by Crippen LogP contribution is 2.23. The molecule has 1 aromatic carbocycles. The van der Waals surface area contributed by atoms with Crippen molar-refractivity contribution in [3.05, 3.63) is 29.6 Å². The molecule has 0 aliphatic carbocycles. The number of piperazine rings is 1. The van der Waals surface area contributed by atoms with E-state index in [0.717, 1.165) is 13.1 Å². The number of nitrogens with zero attached hydrogens (tertiary/aromatic N) is 3. The summed E-state index contributed by atoms with van der Waals surface area (Å²) in [6.07, 6.45) is 0. The molecule has 1 saturated heterocycles. The molecule has 2 rings (SSSR count). The Bertz CT molecular complexity index is 532. The summed E-state index contributed by atoms with van der Waals surface area (Å²) in [7, 11) is 1.62. The molecule has 0 radical (unpaired) electrons. The molecule has 106 valence electrons. The molecule has 1 aliphatic heterocycles. The highest BCUT2D eigenvalue weighted by atomic mass is 19.1. The summed E-state index contributed by atoms with van der Waals surface area (Å²) in [5.41, 5.74) is 0.722. The van der Waals surface area contributed by atoms with Crippen molar-refractivity contribution in [2.75, 3.05) is 44.7 Å². The molecule has 1 fully saturated rings. The van der Waals surface area contributed by atoms with Crippen molar-refractivity contribution in [2.45, 2.75) is 0 Å². The molecule has 20 heavy (non-hydrogen) atoms. The molecule has 1 aromatic rings. The molecule has 0 bridgehead atoms. The Hall–Kier alpha value is -2.13. The predicted molar refractivity (Wildman–Crippen MR) is 73.8 cm³/mol. The Kier molecular flexibility index (Phi) is 4.53. The topological polar surface area (TPSA) is 59.4 Å². The van der Waals surface area contributed by atoms with E-state index in [9.17, 15) is 9.18 Å². The second-order valence-corrected chi connectivity index (χ2v) is 4.68. The van der Waals surface area contributed by atoms with E-state index in [4.69, 9.17) is 5.26 Å². The number of likely N-dealkylation sites (N-methyl/N-ethyl adjacent to an activating group) is 1. The van der Waals surface area contributed by atoms with E-state index < -0.39 is 5.82 Å². The van der Waals surface area contributed by atoms with Crippen LogP contribution in [0.3, 0.4) is 0 Å². The molecule has 0 spiro atoms. The third-order valence-corrected chi connectivity index (χ3v) is 3.46. The average molecular weight is 276 g/mol. The molecule has 0 saturated carbocycles. The van der Waals surface area contributed by atoms with Gasteiger partial charge in [-0.05, 0) is 12.1 Å². The molecule has 6 heteroatoms. The first-order valence-corrected chi connectivity index (χ1v) is 6.52. The minimum Gasteiger partial charge on any atom is -0.368 e. The Morgan fingerprint density at radius 2 is 2.10 bits per heavy atom. The first kappa shape index (κ1) is 14.3. The number of nitriles is 1. The summed E-state index contributed by atoms with van der Waals surface area (Å²) in [5.74, 6) is -0.500. The number of anilines is 1. The lowest BCUT2D eigenvalue weighted by molar-refractivity contribution is -0.121. The van der Waals surface area contributed by atoms with Crippen LogP contribution in [0, 0.1) is 17.1 Å². The predicted octanol–water partition coefficient (Wildman–Crippen LogP) is 0.565. The van der Waals surface area contributed by atoms with Gasteiger partial charge < -0.3 is 10.2 Å². The summed E-state index contributed by atoms with van der Waals surface area (Å²) in [6, 6.07) is 6.59. The number of hydrogen-bond acceptors (Lipinski definition) is 4. The molecule has 1 aliphatic rings. The van der Waals surface area contributed by atoms with Crippen molar-refractivity contribution >= 4 is 11.6 Å². The highest BCUT2D eigenvalue weighted by molar-refractivity contribution is 5.77. The zero-order valence-electron chi connectivity index (χ0n) is 11.4. The van der Waals surface area contributed by atoms with Crippen LogP contribution in [0.25, 0.3) is 0 Å². The van der Waals surface area contributed by atoms with Crippen molar-refractivity contribution < 1.29 is 9.18 Å². The number of amides is 1. The largest absolute Gasteiger partial charge is 0.368 e. The van der Waals surface area contributed by atoms with Crippen LogP contribution in [-0.4, -0.2) is 50.6 Å². The molecule has 1 amide bonds. The minimum absolute atomic E-state index is 0.0121. The lowest BCUT2D eigenvalue weighted by Gasteiger charge is -2.36. The summed E-state index contributed by atoms with van der Waals surface area (Å²) in [6.45, 7) is 3.16. The number of hydrogen-bond donors (Lipinski definition) is 1. The van der Waals surface area contributed by atoms with Crippen molar-refractivity contribution in [3.63, 3.8) is 0 Å². The maximum absolute atomic E-state index is 13.6. The van der Waals surface area contributed by atoms with Gasteiger partial charge in [-0.25, -0.2) is 4.39 Å². The molecular formula is C14H17FN4O. The molecule has 0 unspecified atom stereocenters. The fraction of sp³-hybridized carbons (Fsp3) is 0.429. The number of rotatable bonds is 3. The van der Waals surface area contributed by atoms with Crippen LogP contribution in [-0.2, 0) is 4.79 Å². The van der Waals surface area contributed by atoms with Gasteiger partial charge in [0.25, 0.3) is 0 Å². The SMILES string of the molecule is CNC(=O)CN1CCN(c2cccc(F)c2C#N)CC1. The quantitative estimate of drug-likeness (QED) is 0.876. The molecule has 1 N–H and O–H groups in total. The van der Waals surface area contributed by atoms with Gasteiger partial charge in [-0.2, -0.15) is 5.26 Å². The van der Waals surface area contributed by atoms with Crippen LogP contribution in [0.2, 0.25) is 0 Å². The van der Waals surface area contributed by atoms with Gasteiger partial charge in [0, 0.05) is 33.2 Å². The summed E-state index contributed by atoms with van der Waals surface area (Å²) in [4.78, 5) is 15.3. The van der Waals surface area contributed by atoms with Crippen LogP contribution in [0.4, 0.5) is 10.1 Å². The van der Waals surface area contributed by atoms with Crippen molar-refractivity contribution in [1.82, 2.24) is 10.2 Å². The Morgan fingerprint density at radius 1 is 1.40 bits per heavy atom. The molecule has 0 atom stereocenters. The standard InChI is InChI=1S/C14H17FN4O/c1-17-14(20)10-18-5-7-19(8-6-18)13-4-2-3-12(15)11(13)9-16/h2-4H,5-8,10H2,1H3,(H,17,20). The van der Waals surface area contributed by atoms with Gasteiger partial charge in [0.2, 0.25) is 5.91 Å². The second kappa shape index (κ2) is 6.35. The number of benzene rings is 1. The number of halogens is 1. The van der Waals surface area contributed by atoms with Gasteiger partial charge >= 0.3 is 0 Å². The van der Waals surface area contributed by atoms with Gasteiger partial charge in [0.15, 0.2) is 0 Å². The Morgan fingerprint density at radius 3 is 2.70 bits per heavy atom. The van der Waals surface area contributed by atoms with E-state index in [2.05, 4.69) is 5.32 Å². The normalized spacial score (nSPS) is 15.8. The number of carbonyl (C=O) groups excluding carboxylic acids is 1. The second-order valence-electron chi connectivity index (χ2n) is 4.68. The molecule has 0 aromatic heterocycles. The zero-order valence-corrected chi connectivity index (χ0v) is 11.4. The van der Waals surface area contributed by atoms with E-state index >= 15 is 0 Å². The fourth-order valence-corrected chi connectivity index (χ4v) is 2.32. The van der Waals surface area contributed by atoms with E-state index in [-0.39, 0.29) is 11.5 Å². The highest BCUT2D eigenvalue weighted by Gasteiger charge is 2.21. The van der Waals surface area contributed by atoms with Crippen LogP contribution < -0.4 is 10.2 Å². The lowest BCUT2D eigenvalue weighted by Crippen LogP contribution is -2.49. The van der Waals surface area contributed by atoms with Gasteiger partial charge in [-0.3, -0.25) is 9.69 Å². The van der Waals surface area contributed by atoms with Crippen molar-refractivity contribution in [3.8, 4) is 6.07 Å². The first-order valence-electron chi connectivity index (χ1n) is 6.52. The van der Waals surface area contributed by atoms with Gasteiger partial charge in [-0.1, -0.05) is 6.07 Å². The molecular weight excluding hydrogens is 259 g/mol. The van der Waals surface area contributed by atoms with Crippen molar-refractivity contribution in [1.29, 1.82) is 5.26 Å². The van der Waals surface area contributed by atoms with Crippen LogP contribution >= 0.6 is 0 Å². The van der Waals surface area contributed by atoms with Crippen molar-refractivity contribution in [2.24, 2.45) is 0 Å². The number of nitrogens with one attached hydrogen (secondary N) is 1. The minimum atomic E-state index is -0.488. The monoisotopic (exact) mass is 276 g/mol. The molecule has 5 nitrogen and oxygen atoms in total. The summed E-state index contributed by atoms with van der Waals surface area (Å²) in [5, 5.41) is 11.6. The number of carbonyl (C=O) groups is 1. The third-order valence-electron chi connectivity index (χ3n) is 3.46. The molecule has 1 heterocycles. The first-order chi connectivity index (χ1) is 9.65. The van der Waals surface area contributed by atoms with Gasteiger partial charge in [0.05, 0.1) is 12.2 Å². The summed E-state index contributed by atoms with van der Waals surface area (Å²) < 4.78 is 13.6. The third kappa shape index (κ3) is 3.06. The lowest BCUT2D eigenvalue weighted by atomic mass is 10.1. The van der Waals surface area contributed by atoms with Crippen LogP contribution in [0.5, 0.6) is 0 Å². The van der Waals surface area contributed by atoms with Crippen LogP contribution in [0.15, 0.2) is 18.2 Å². The zero-order chi connectivity index (χ0) is 14.5. The van der Waals surface area contributed by atoms with E-state index in [1.54, 1.807) is 19.2 Å². The maximum atomic E-state index is 13.6.